The molecular formula is C17H20FNOS. The monoisotopic (exact) mass is 305 g/mol. The Morgan fingerprint density at radius 2 is 2.05 bits per heavy atom. The molecule has 1 aromatic carbocycles. The molecule has 0 saturated heterocycles. The Labute approximate surface area is 129 Å². The van der Waals surface area contributed by atoms with E-state index in [0.717, 1.165) is 16.9 Å². The highest BCUT2D eigenvalue weighted by atomic mass is 32.1. The summed E-state index contributed by atoms with van der Waals surface area (Å²) < 4.78 is 19.8. The molecule has 1 heterocycles. The van der Waals surface area contributed by atoms with Gasteiger partial charge in [-0.3, -0.25) is 0 Å². The molecule has 1 N–H and O–H groups in total. The van der Waals surface area contributed by atoms with Crippen molar-refractivity contribution in [1.82, 2.24) is 5.32 Å². The third kappa shape index (κ3) is 3.83. The lowest BCUT2D eigenvalue weighted by atomic mass is 10.2. The number of ether oxygens (including phenoxy) is 1. The van der Waals surface area contributed by atoms with E-state index in [0.29, 0.717) is 24.9 Å². The molecule has 1 aliphatic rings. The van der Waals surface area contributed by atoms with E-state index in [9.17, 15) is 4.39 Å². The summed E-state index contributed by atoms with van der Waals surface area (Å²) >= 11 is 1.73. The van der Waals surface area contributed by atoms with Crippen molar-refractivity contribution in [2.24, 2.45) is 0 Å². The van der Waals surface area contributed by atoms with E-state index < -0.39 is 0 Å². The van der Waals surface area contributed by atoms with Crippen LogP contribution in [0, 0.1) is 5.82 Å². The number of thiophene rings is 1. The van der Waals surface area contributed by atoms with Gasteiger partial charge in [-0.25, -0.2) is 4.39 Å². The lowest BCUT2D eigenvalue weighted by molar-refractivity contribution is 0.289. The smallest absolute Gasteiger partial charge is 0.165 e. The van der Waals surface area contributed by atoms with Crippen molar-refractivity contribution in [3.63, 3.8) is 0 Å². The maximum Gasteiger partial charge on any atom is 0.165 e. The standard InChI is InChI=1S/C17H20FNOS/c1-2-14-8-9-15(21-14)11-20-17-12(4-3-5-16(17)18)10-19-13-6-7-13/h3-5,8-9,13,19H,2,6-7,10-11H2,1H3. The molecule has 4 heteroatoms. The highest BCUT2D eigenvalue weighted by Crippen LogP contribution is 2.27. The SMILES string of the molecule is CCc1ccc(COc2c(F)cccc2CNC2CC2)s1. The zero-order valence-electron chi connectivity index (χ0n) is 12.2. The fraction of sp³-hybridized carbons (Fsp3) is 0.412. The topological polar surface area (TPSA) is 21.3 Å². The summed E-state index contributed by atoms with van der Waals surface area (Å²) in [6.07, 6.45) is 3.47. The van der Waals surface area contributed by atoms with Gasteiger partial charge in [0.1, 0.15) is 6.61 Å². The molecule has 0 atom stereocenters. The summed E-state index contributed by atoms with van der Waals surface area (Å²) in [5.74, 6) is 0.106. The van der Waals surface area contributed by atoms with Crippen molar-refractivity contribution < 1.29 is 9.13 Å². The van der Waals surface area contributed by atoms with Crippen LogP contribution in [0.1, 0.15) is 35.1 Å². The summed E-state index contributed by atoms with van der Waals surface area (Å²) in [4.78, 5) is 2.47. The van der Waals surface area contributed by atoms with Gasteiger partial charge in [-0.1, -0.05) is 19.1 Å². The summed E-state index contributed by atoms with van der Waals surface area (Å²) in [7, 11) is 0. The van der Waals surface area contributed by atoms with Crippen LogP contribution in [-0.4, -0.2) is 6.04 Å². The first-order chi connectivity index (χ1) is 10.3. The first kappa shape index (κ1) is 14.5. The number of nitrogens with one attached hydrogen (secondary N) is 1. The van der Waals surface area contributed by atoms with Crippen molar-refractivity contribution in [1.29, 1.82) is 0 Å². The van der Waals surface area contributed by atoms with Crippen molar-refractivity contribution in [2.75, 3.05) is 0 Å². The van der Waals surface area contributed by atoms with Crippen molar-refractivity contribution in [2.45, 2.75) is 45.4 Å². The number of benzene rings is 1. The van der Waals surface area contributed by atoms with Crippen LogP contribution in [0.15, 0.2) is 30.3 Å². The Balaban J connectivity index is 1.67. The first-order valence-corrected chi connectivity index (χ1v) is 8.29. The molecule has 3 rings (SSSR count). The van der Waals surface area contributed by atoms with Gasteiger partial charge < -0.3 is 10.1 Å². The molecule has 0 amide bonds. The number of para-hydroxylation sites is 1. The Morgan fingerprint density at radius 1 is 1.24 bits per heavy atom. The molecule has 21 heavy (non-hydrogen) atoms. The molecule has 1 aromatic heterocycles. The lowest BCUT2D eigenvalue weighted by Crippen LogP contribution is -2.16. The number of aryl methyl sites for hydroxylation is 1. The third-order valence-electron chi connectivity index (χ3n) is 3.63. The van der Waals surface area contributed by atoms with E-state index in [-0.39, 0.29) is 5.82 Å². The van der Waals surface area contributed by atoms with Crippen LogP contribution in [-0.2, 0) is 19.6 Å². The molecule has 1 aliphatic carbocycles. The molecule has 1 saturated carbocycles. The number of hydrogen-bond donors (Lipinski definition) is 1. The minimum absolute atomic E-state index is 0.280. The van der Waals surface area contributed by atoms with Gasteiger partial charge in [0.15, 0.2) is 11.6 Å². The predicted molar refractivity (Wildman–Crippen MR) is 84.3 cm³/mol. The number of halogens is 1. The molecule has 2 nitrogen and oxygen atoms in total. The summed E-state index contributed by atoms with van der Waals surface area (Å²) in [6.45, 7) is 3.24. The van der Waals surface area contributed by atoms with Crippen LogP contribution in [0.3, 0.4) is 0 Å². The van der Waals surface area contributed by atoms with E-state index in [1.54, 1.807) is 17.4 Å². The third-order valence-corrected chi connectivity index (χ3v) is 4.83. The van der Waals surface area contributed by atoms with Crippen LogP contribution in [0.25, 0.3) is 0 Å². The summed E-state index contributed by atoms with van der Waals surface area (Å²) in [5, 5.41) is 3.41. The fourth-order valence-corrected chi connectivity index (χ4v) is 3.10. The second-order valence-electron chi connectivity index (χ2n) is 5.39. The molecule has 0 unspecified atom stereocenters. The molecule has 0 bridgehead atoms. The zero-order valence-corrected chi connectivity index (χ0v) is 13.0. The largest absolute Gasteiger partial charge is 0.485 e. The minimum Gasteiger partial charge on any atom is -0.485 e. The lowest BCUT2D eigenvalue weighted by Gasteiger charge is -2.12. The van der Waals surface area contributed by atoms with Crippen LogP contribution >= 0.6 is 11.3 Å². The van der Waals surface area contributed by atoms with Crippen molar-refractivity contribution >= 4 is 11.3 Å². The van der Waals surface area contributed by atoms with Gasteiger partial charge in [0, 0.05) is 27.9 Å². The first-order valence-electron chi connectivity index (χ1n) is 7.47. The van der Waals surface area contributed by atoms with Gasteiger partial charge in [-0.15, -0.1) is 11.3 Å². The van der Waals surface area contributed by atoms with Crippen LogP contribution in [0.5, 0.6) is 5.75 Å². The Kier molecular flexibility index (Phi) is 4.56. The average molecular weight is 305 g/mol. The predicted octanol–water partition coefficient (Wildman–Crippen LogP) is 4.28. The summed E-state index contributed by atoms with van der Waals surface area (Å²) in [6, 6.07) is 9.91. The molecule has 2 aromatic rings. The maximum atomic E-state index is 14.0. The van der Waals surface area contributed by atoms with Gasteiger partial charge in [0.05, 0.1) is 0 Å². The van der Waals surface area contributed by atoms with Crippen molar-refractivity contribution in [3.05, 3.63) is 51.5 Å². The normalized spacial score (nSPS) is 14.4. The quantitative estimate of drug-likeness (QED) is 0.824. The second kappa shape index (κ2) is 6.58. The highest BCUT2D eigenvalue weighted by molar-refractivity contribution is 7.11. The Hall–Kier alpha value is -1.39. The molecule has 0 aliphatic heterocycles. The molecule has 112 valence electrons. The Morgan fingerprint density at radius 3 is 2.76 bits per heavy atom. The summed E-state index contributed by atoms with van der Waals surface area (Å²) in [5.41, 5.74) is 0.897. The fourth-order valence-electron chi connectivity index (χ4n) is 2.23. The van der Waals surface area contributed by atoms with Crippen LogP contribution < -0.4 is 10.1 Å². The minimum atomic E-state index is -0.280. The molecule has 0 spiro atoms. The van der Waals surface area contributed by atoms with Crippen molar-refractivity contribution in [3.8, 4) is 5.75 Å². The average Bonchev–Trinajstić information content (AvgIpc) is 3.21. The molecule has 0 radical (unpaired) electrons. The maximum absolute atomic E-state index is 14.0. The van der Waals surface area contributed by atoms with Gasteiger partial charge >= 0.3 is 0 Å². The van der Waals surface area contributed by atoms with Crippen LogP contribution in [0.4, 0.5) is 4.39 Å². The van der Waals surface area contributed by atoms with E-state index in [2.05, 4.69) is 24.4 Å². The number of rotatable bonds is 7. The van der Waals surface area contributed by atoms with Gasteiger partial charge in [-0.2, -0.15) is 0 Å². The Bertz CT molecular complexity index is 607. The van der Waals surface area contributed by atoms with E-state index >= 15 is 0 Å². The molecule has 1 fully saturated rings. The second-order valence-corrected chi connectivity index (χ2v) is 6.65. The molecular weight excluding hydrogens is 285 g/mol. The highest BCUT2D eigenvalue weighted by Gasteiger charge is 2.21. The number of hydrogen-bond acceptors (Lipinski definition) is 3. The van der Waals surface area contributed by atoms with E-state index in [1.807, 2.05) is 6.07 Å². The zero-order chi connectivity index (χ0) is 14.7. The van der Waals surface area contributed by atoms with Gasteiger partial charge in [0.25, 0.3) is 0 Å². The van der Waals surface area contributed by atoms with Crippen LogP contribution in [0.2, 0.25) is 0 Å². The van der Waals surface area contributed by atoms with Gasteiger partial charge in [-0.05, 0) is 37.5 Å². The van der Waals surface area contributed by atoms with E-state index in [4.69, 9.17) is 4.74 Å². The van der Waals surface area contributed by atoms with Gasteiger partial charge in [0.2, 0.25) is 0 Å². The van der Waals surface area contributed by atoms with E-state index in [1.165, 1.54) is 23.8 Å².